The number of halogens is 1. The zero-order chi connectivity index (χ0) is 14.1. The number of nitrogens with zero attached hydrogens (tertiary/aromatic N) is 2. The number of carbonyl (C=O) groups excluding carboxylic acids is 1. The van der Waals surface area contributed by atoms with Crippen molar-refractivity contribution in [3.8, 4) is 0 Å². The first kappa shape index (κ1) is 13.3. The molecule has 2 heterocycles. The molecule has 0 radical (unpaired) electrons. The smallest absolute Gasteiger partial charge is 0.178 e. The maximum atomic E-state index is 13.3. The van der Waals surface area contributed by atoms with Crippen molar-refractivity contribution in [3.63, 3.8) is 0 Å². The molecule has 1 aromatic carbocycles. The average Bonchev–Trinajstić information content (AvgIpc) is 2.77. The molecule has 1 aliphatic heterocycles. The lowest BCUT2D eigenvalue weighted by Crippen LogP contribution is -2.45. The molecule has 0 amide bonds. The van der Waals surface area contributed by atoms with Gasteiger partial charge in [0, 0.05) is 50.4 Å². The van der Waals surface area contributed by atoms with E-state index in [4.69, 9.17) is 0 Å². The fourth-order valence-electron chi connectivity index (χ4n) is 2.74. The van der Waals surface area contributed by atoms with E-state index in [1.165, 1.54) is 12.1 Å². The summed E-state index contributed by atoms with van der Waals surface area (Å²) < 4.78 is 15.1. The number of ketones is 1. The van der Waals surface area contributed by atoms with E-state index in [1.807, 2.05) is 11.6 Å². The summed E-state index contributed by atoms with van der Waals surface area (Å²) in [6, 6.07) is 4.57. The summed E-state index contributed by atoms with van der Waals surface area (Å²) in [7, 11) is 1.84. The summed E-state index contributed by atoms with van der Waals surface area (Å²) in [5.74, 6) is -0.177. The zero-order valence-corrected chi connectivity index (χ0v) is 11.5. The van der Waals surface area contributed by atoms with Crippen LogP contribution >= 0.6 is 0 Å². The third-order valence-corrected chi connectivity index (χ3v) is 3.83. The molecule has 0 bridgehead atoms. The SMILES string of the molecule is Cn1cc(C(=O)CN2CCNCC2)c2ccc(F)cc21. The highest BCUT2D eigenvalue weighted by Crippen LogP contribution is 2.22. The number of rotatable bonds is 3. The predicted octanol–water partition coefficient (Wildman–Crippen LogP) is 1.41. The van der Waals surface area contributed by atoms with E-state index in [0.29, 0.717) is 12.1 Å². The van der Waals surface area contributed by atoms with Gasteiger partial charge in [-0.15, -0.1) is 0 Å². The first-order valence-corrected chi connectivity index (χ1v) is 6.86. The Morgan fingerprint density at radius 2 is 2.10 bits per heavy atom. The fourth-order valence-corrected chi connectivity index (χ4v) is 2.74. The van der Waals surface area contributed by atoms with Gasteiger partial charge in [0.2, 0.25) is 0 Å². The molecule has 1 fully saturated rings. The van der Waals surface area contributed by atoms with Crippen molar-refractivity contribution in [2.24, 2.45) is 7.05 Å². The molecular formula is C15H18FN3O. The number of benzene rings is 1. The second-order valence-electron chi connectivity index (χ2n) is 5.26. The van der Waals surface area contributed by atoms with Crippen LogP contribution in [0.1, 0.15) is 10.4 Å². The second kappa shape index (κ2) is 5.34. The Hall–Kier alpha value is -1.72. The molecule has 106 valence electrons. The summed E-state index contributed by atoms with van der Waals surface area (Å²) in [6.07, 6.45) is 1.80. The molecule has 0 aliphatic carbocycles. The molecule has 1 saturated heterocycles. The predicted molar refractivity (Wildman–Crippen MR) is 76.5 cm³/mol. The van der Waals surface area contributed by atoms with Crippen LogP contribution in [0, 0.1) is 5.82 Å². The molecule has 3 rings (SSSR count). The topological polar surface area (TPSA) is 37.3 Å². The normalized spacial score (nSPS) is 16.7. The number of nitrogens with one attached hydrogen (secondary N) is 1. The third-order valence-electron chi connectivity index (χ3n) is 3.83. The van der Waals surface area contributed by atoms with Gasteiger partial charge in [-0.2, -0.15) is 0 Å². The first-order chi connectivity index (χ1) is 9.65. The minimum absolute atomic E-state index is 0.101. The molecule has 1 aromatic heterocycles. The quantitative estimate of drug-likeness (QED) is 0.861. The number of hydrogen-bond acceptors (Lipinski definition) is 3. The number of aryl methyl sites for hydroxylation is 1. The lowest BCUT2D eigenvalue weighted by Gasteiger charge is -2.26. The number of fused-ring (bicyclic) bond motifs is 1. The minimum Gasteiger partial charge on any atom is -0.350 e. The Labute approximate surface area is 117 Å². The molecule has 5 heteroatoms. The Bertz CT molecular complexity index is 644. The van der Waals surface area contributed by atoms with Gasteiger partial charge in [0.1, 0.15) is 5.82 Å². The molecule has 0 unspecified atom stereocenters. The highest BCUT2D eigenvalue weighted by molar-refractivity contribution is 6.09. The maximum Gasteiger partial charge on any atom is 0.178 e. The van der Waals surface area contributed by atoms with Crippen LogP contribution < -0.4 is 5.32 Å². The summed E-state index contributed by atoms with van der Waals surface area (Å²) in [5.41, 5.74) is 1.44. The van der Waals surface area contributed by atoms with Crippen LogP contribution in [0.2, 0.25) is 0 Å². The lowest BCUT2D eigenvalue weighted by atomic mass is 10.1. The molecule has 2 aromatic rings. The van der Waals surface area contributed by atoms with Crippen LogP contribution in [0.25, 0.3) is 10.9 Å². The van der Waals surface area contributed by atoms with Crippen molar-refractivity contribution in [2.45, 2.75) is 0 Å². The third kappa shape index (κ3) is 2.46. The highest BCUT2D eigenvalue weighted by atomic mass is 19.1. The molecular weight excluding hydrogens is 257 g/mol. The summed E-state index contributed by atoms with van der Waals surface area (Å²) in [6.45, 7) is 4.07. The lowest BCUT2D eigenvalue weighted by molar-refractivity contribution is 0.0923. The molecule has 1 aliphatic rings. The van der Waals surface area contributed by atoms with Crippen LogP contribution in [0.3, 0.4) is 0 Å². The molecule has 1 N–H and O–H groups in total. The van der Waals surface area contributed by atoms with Crippen molar-refractivity contribution < 1.29 is 9.18 Å². The van der Waals surface area contributed by atoms with E-state index >= 15 is 0 Å². The summed E-state index contributed by atoms with van der Waals surface area (Å²) in [4.78, 5) is 14.6. The van der Waals surface area contributed by atoms with Gasteiger partial charge in [-0.1, -0.05) is 0 Å². The van der Waals surface area contributed by atoms with Crippen molar-refractivity contribution >= 4 is 16.7 Å². The van der Waals surface area contributed by atoms with E-state index in [1.54, 1.807) is 12.3 Å². The number of Topliss-reactive ketones (excluding diaryl/α,β-unsaturated/α-hetero) is 1. The Morgan fingerprint density at radius 1 is 1.35 bits per heavy atom. The number of carbonyl (C=O) groups is 1. The van der Waals surface area contributed by atoms with Gasteiger partial charge in [0.05, 0.1) is 12.1 Å². The summed E-state index contributed by atoms with van der Waals surface area (Å²) in [5, 5.41) is 4.10. The van der Waals surface area contributed by atoms with Crippen LogP contribution in [0.15, 0.2) is 24.4 Å². The van der Waals surface area contributed by atoms with E-state index < -0.39 is 0 Å². The molecule has 4 nitrogen and oxygen atoms in total. The molecule has 20 heavy (non-hydrogen) atoms. The first-order valence-electron chi connectivity index (χ1n) is 6.86. The Kier molecular flexibility index (Phi) is 3.54. The average molecular weight is 275 g/mol. The fraction of sp³-hybridized carbons (Fsp3) is 0.400. The second-order valence-corrected chi connectivity index (χ2v) is 5.26. The van der Waals surface area contributed by atoms with E-state index in [9.17, 15) is 9.18 Å². The molecule has 0 saturated carbocycles. The van der Waals surface area contributed by atoms with Gasteiger partial charge in [-0.25, -0.2) is 4.39 Å². The minimum atomic E-state index is -0.278. The monoisotopic (exact) mass is 275 g/mol. The van der Waals surface area contributed by atoms with Crippen molar-refractivity contribution in [1.82, 2.24) is 14.8 Å². The van der Waals surface area contributed by atoms with E-state index in [0.717, 1.165) is 37.1 Å². The zero-order valence-electron chi connectivity index (χ0n) is 11.5. The number of piperazine rings is 1. The van der Waals surface area contributed by atoms with Crippen LogP contribution in [0.5, 0.6) is 0 Å². The molecule has 0 atom stereocenters. The Balaban J connectivity index is 1.87. The number of hydrogen-bond donors (Lipinski definition) is 1. The maximum absolute atomic E-state index is 13.3. The van der Waals surface area contributed by atoms with Crippen LogP contribution in [-0.4, -0.2) is 48.0 Å². The molecule has 0 spiro atoms. The van der Waals surface area contributed by atoms with Gasteiger partial charge in [0.25, 0.3) is 0 Å². The van der Waals surface area contributed by atoms with E-state index in [2.05, 4.69) is 10.2 Å². The summed E-state index contributed by atoms with van der Waals surface area (Å²) >= 11 is 0. The Morgan fingerprint density at radius 3 is 2.85 bits per heavy atom. The number of aromatic nitrogens is 1. The van der Waals surface area contributed by atoms with Crippen molar-refractivity contribution in [1.29, 1.82) is 0 Å². The van der Waals surface area contributed by atoms with Crippen LogP contribution in [0.4, 0.5) is 4.39 Å². The van der Waals surface area contributed by atoms with Gasteiger partial charge in [-0.3, -0.25) is 9.69 Å². The van der Waals surface area contributed by atoms with Gasteiger partial charge in [0.15, 0.2) is 5.78 Å². The van der Waals surface area contributed by atoms with Crippen LogP contribution in [-0.2, 0) is 7.05 Å². The van der Waals surface area contributed by atoms with Gasteiger partial charge in [-0.05, 0) is 18.2 Å². The van der Waals surface area contributed by atoms with Crippen molar-refractivity contribution in [3.05, 3.63) is 35.8 Å². The van der Waals surface area contributed by atoms with Gasteiger partial charge < -0.3 is 9.88 Å². The van der Waals surface area contributed by atoms with E-state index in [-0.39, 0.29) is 11.6 Å². The standard InChI is InChI=1S/C15H18FN3O/c1-18-9-13(12-3-2-11(16)8-14(12)18)15(20)10-19-6-4-17-5-7-19/h2-3,8-9,17H,4-7,10H2,1H3. The largest absolute Gasteiger partial charge is 0.350 e. The highest BCUT2D eigenvalue weighted by Gasteiger charge is 2.18. The van der Waals surface area contributed by atoms with Gasteiger partial charge >= 0.3 is 0 Å². The van der Waals surface area contributed by atoms with Crippen molar-refractivity contribution in [2.75, 3.05) is 32.7 Å².